The molecule has 0 spiro atoms. The smallest absolute Gasteiger partial charge is 0.213 e. The minimum Gasteiger partial charge on any atom is -0.318 e. The summed E-state index contributed by atoms with van der Waals surface area (Å²) in [7, 11) is 1.75. The molecule has 0 atom stereocenters. The number of fused-ring (bicyclic) bond motifs is 1. The molecule has 3 heteroatoms. The molecule has 1 aromatic heterocycles. The molecule has 0 fully saturated rings. The Morgan fingerprint density at radius 3 is 3.00 bits per heavy atom. The zero-order valence-corrected chi connectivity index (χ0v) is 8.04. The first-order valence-electron chi connectivity index (χ1n) is 3.96. The Morgan fingerprint density at radius 1 is 1.38 bits per heavy atom. The average Bonchev–Trinajstić information content (AvgIpc) is 2.63. The molecule has 0 radical (unpaired) electrons. The topological polar surface area (TPSA) is 20.3 Å². The fraction of sp³-hybridized carbons (Fsp3) is 0.100. The largest absolute Gasteiger partial charge is 0.318 e. The number of hydrogen-bond acceptors (Lipinski definition) is 2. The second-order valence-corrected chi connectivity index (χ2v) is 3.81. The van der Waals surface area contributed by atoms with Crippen LogP contribution < -0.4 is 4.90 Å². The van der Waals surface area contributed by atoms with Crippen molar-refractivity contribution < 1.29 is 4.79 Å². The standard InChI is InChI=1S/C10H9NOS/c1-11(7-12)9-2-3-10-8(6-9)4-5-13-10/h2-7H,1H3. The van der Waals surface area contributed by atoms with Gasteiger partial charge in [0.25, 0.3) is 0 Å². The van der Waals surface area contributed by atoms with E-state index in [1.165, 1.54) is 10.1 Å². The van der Waals surface area contributed by atoms with Gasteiger partial charge in [0, 0.05) is 17.4 Å². The maximum Gasteiger partial charge on any atom is 0.213 e. The van der Waals surface area contributed by atoms with E-state index in [1.807, 2.05) is 18.2 Å². The molecule has 2 rings (SSSR count). The number of anilines is 1. The minimum atomic E-state index is 0.813. The van der Waals surface area contributed by atoms with Crippen LogP contribution in [0.15, 0.2) is 29.6 Å². The average molecular weight is 191 g/mol. The van der Waals surface area contributed by atoms with E-state index in [1.54, 1.807) is 23.3 Å². The molecule has 0 aliphatic rings. The van der Waals surface area contributed by atoms with Crippen molar-refractivity contribution in [2.45, 2.75) is 0 Å². The van der Waals surface area contributed by atoms with E-state index < -0.39 is 0 Å². The second kappa shape index (κ2) is 3.18. The van der Waals surface area contributed by atoms with Crippen LogP contribution in [0.3, 0.4) is 0 Å². The molecule has 0 saturated heterocycles. The van der Waals surface area contributed by atoms with Crippen molar-refractivity contribution in [3.63, 3.8) is 0 Å². The van der Waals surface area contributed by atoms with E-state index in [0.29, 0.717) is 0 Å². The first-order valence-corrected chi connectivity index (χ1v) is 4.84. The normalized spacial score (nSPS) is 10.2. The zero-order chi connectivity index (χ0) is 9.26. The van der Waals surface area contributed by atoms with Gasteiger partial charge < -0.3 is 4.90 Å². The first-order chi connectivity index (χ1) is 6.31. The first kappa shape index (κ1) is 8.26. The highest BCUT2D eigenvalue weighted by Gasteiger charge is 2.00. The number of amides is 1. The van der Waals surface area contributed by atoms with Gasteiger partial charge in [0.1, 0.15) is 0 Å². The Hall–Kier alpha value is -1.35. The number of hydrogen-bond donors (Lipinski definition) is 0. The lowest BCUT2D eigenvalue weighted by Gasteiger charge is -2.09. The monoisotopic (exact) mass is 191 g/mol. The maximum atomic E-state index is 10.5. The van der Waals surface area contributed by atoms with Crippen LogP contribution in [0.1, 0.15) is 0 Å². The van der Waals surface area contributed by atoms with E-state index in [0.717, 1.165) is 12.1 Å². The Labute approximate surface area is 80.4 Å². The third-order valence-corrected chi connectivity index (χ3v) is 2.90. The van der Waals surface area contributed by atoms with Crippen molar-refractivity contribution in [2.24, 2.45) is 0 Å². The molecule has 0 saturated carbocycles. The summed E-state index contributed by atoms with van der Waals surface area (Å²) in [5.74, 6) is 0. The van der Waals surface area contributed by atoms with Gasteiger partial charge in [-0.25, -0.2) is 0 Å². The molecule has 0 aliphatic carbocycles. The van der Waals surface area contributed by atoms with Crippen LogP contribution in [-0.4, -0.2) is 13.5 Å². The van der Waals surface area contributed by atoms with Crippen LogP contribution in [0.2, 0.25) is 0 Å². The third-order valence-electron chi connectivity index (χ3n) is 2.00. The quantitative estimate of drug-likeness (QED) is 0.668. The Balaban J connectivity index is 2.53. The predicted octanol–water partition coefficient (Wildman–Crippen LogP) is 2.49. The van der Waals surface area contributed by atoms with E-state index >= 15 is 0 Å². The molecule has 0 bridgehead atoms. The second-order valence-electron chi connectivity index (χ2n) is 2.86. The van der Waals surface area contributed by atoms with Crippen molar-refractivity contribution in [1.82, 2.24) is 0 Å². The van der Waals surface area contributed by atoms with Gasteiger partial charge in [0.15, 0.2) is 0 Å². The van der Waals surface area contributed by atoms with Crippen LogP contribution in [-0.2, 0) is 4.79 Å². The summed E-state index contributed by atoms with van der Waals surface area (Å²) in [4.78, 5) is 12.1. The van der Waals surface area contributed by atoms with Crippen LogP contribution in [0.25, 0.3) is 10.1 Å². The third kappa shape index (κ3) is 1.42. The van der Waals surface area contributed by atoms with Crippen LogP contribution in [0.4, 0.5) is 5.69 Å². The number of carbonyl (C=O) groups is 1. The summed E-state index contributed by atoms with van der Waals surface area (Å²) in [5, 5.41) is 3.24. The van der Waals surface area contributed by atoms with Gasteiger partial charge in [0.05, 0.1) is 0 Å². The van der Waals surface area contributed by atoms with E-state index in [2.05, 4.69) is 11.4 Å². The summed E-state index contributed by atoms with van der Waals surface area (Å²) in [6, 6.07) is 8.06. The zero-order valence-electron chi connectivity index (χ0n) is 7.23. The van der Waals surface area contributed by atoms with E-state index in [9.17, 15) is 4.79 Å². The predicted molar refractivity (Wildman–Crippen MR) is 56.3 cm³/mol. The van der Waals surface area contributed by atoms with Gasteiger partial charge in [-0.05, 0) is 35.0 Å². The van der Waals surface area contributed by atoms with Crippen molar-refractivity contribution >= 4 is 33.5 Å². The molecular weight excluding hydrogens is 182 g/mol. The van der Waals surface area contributed by atoms with Crippen molar-refractivity contribution in [2.75, 3.05) is 11.9 Å². The Kier molecular flexibility index (Phi) is 2.02. The van der Waals surface area contributed by atoms with Crippen LogP contribution in [0.5, 0.6) is 0 Å². The van der Waals surface area contributed by atoms with Crippen molar-refractivity contribution in [3.8, 4) is 0 Å². The molecule has 0 unspecified atom stereocenters. The SMILES string of the molecule is CN(C=O)c1ccc2sccc2c1. The summed E-state index contributed by atoms with van der Waals surface area (Å²) in [5.41, 5.74) is 0.931. The van der Waals surface area contributed by atoms with Gasteiger partial charge in [0.2, 0.25) is 6.41 Å². The number of thiophene rings is 1. The Morgan fingerprint density at radius 2 is 2.23 bits per heavy atom. The lowest BCUT2D eigenvalue weighted by Crippen LogP contribution is -2.13. The number of rotatable bonds is 2. The number of carbonyl (C=O) groups excluding carboxylic acids is 1. The molecule has 1 heterocycles. The van der Waals surface area contributed by atoms with Crippen molar-refractivity contribution in [1.29, 1.82) is 0 Å². The number of nitrogens with zero attached hydrogens (tertiary/aromatic N) is 1. The van der Waals surface area contributed by atoms with Crippen LogP contribution >= 0.6 is 11.3 Å². The maximum absolute atomic E-state index is 10.5. The van der Waals surface area contributed by atoms with Gasteiger partial charge >= 0.3 is 0 Å². The fourth-order valence-electron chi connectivity index (χ4n) is 1.23. The van der Waals surface area contributed by atoms with Crippen LogP contribution in [0, 0.1) is 0 Å². The lowest BCUT2D eigenvalue weighted by atomic mass is 10.2. The van der Waals surface area contributed by atoms with Gasteiger partial charge in [-0.15, -0.1) is 11.3 Å². The summed E-state index contributed by atoms with van der Waals surface area (Å²) >= 11 is 1.71. The molecular formula is C10H9NOS. The summed E-state index contributed by atoms with van der Waals surface area (Å²) < 4.78 is 1.25. The highest BCUT2D eigenvalue weighted by Crippen LogP contribution is 2.24. The minimum absolute atomic E-state index is 0.813. The molecule has 1 aromatic carbocycles. The molecule has 2 nitrogen and oxygen atoms in total. The molecule has 66 valence electrons. The highest BCUT2D eigenvalue weighted by molar-refractivity contribution is 7.17. The fourth-order valence-corrected chi connectivity index (χ4v) is 2.01. The molecule has 0 N–H and O–H groups in total. The van der Waals surface area contributed by atoms with Gasteiger partial charge in [-0.2, -0.15) is 0 Å². The van der Waals surface area contributed by atoms with Gasteiger partial charge in [-0.1, -0.05) is 0 Å². The Bertz CT molecular complexity index is 435. The lowest BCUT2D eigenvalue weighted by molar-refractivity contribution is -0.107. The molecule has 2 aromatic rings. The number of benzene rings is 1. The summed E-state index contributed by atoms with van der Waals surface area (Å²) in [6.45, 7) is 0. The molecule has 0 aliphatic heterocycles. The van der Waals surface area contributed by atoms with E-state index in [-0.39, 0.29) is 0 Å². The van der Waals surface area contributed by atoms with Gasteiger partial charge in [-0.3, -0.25) is 4.79 Å². The molecule has 13 heavy (non-hydrogen) atoms. The highest BCUT2D eigenvalue weighted by atomic mass is 32.1. The van der Waals surface area contributed by atoms with Crippen molar-refractivity contribution in [3.05, 3.63) is 29.6 Å². The van der Waals surface area contributed by atoms with E-state index in [4.69, 9.17) is 0 Å². The summed E-state index contributed by atoms with van der Waals surface area (Å²) in [6.07, 6.45) is 0.813. The molecule has 1 amide bonds.